The molecule has 0 saturated carbocycles. The molecule has 0 bridgehead atoms. The Morgan fingerprint density at radius 3 is 2.17 bits per heavy atom. The highest BCUT2D eigenvalue weighted by Crippen LogP contribution is 2.08. The molecule has 0 aliphatic heterocycles. The molecule has 0 atom stereocenters. The Labute approximate surface area is 75.7 Å². The van der Waals surface area contributed by atoms with Crippen molar-refractivity contribution >= 4 is 6.21 Å². The van der Waals surface area contributed by atoms with Gasteiger partial charge in [0.1, 0.15) is 0 Å². The van der Waals surface area contributed by atoms with Gasteiger partial charge in [0.05, 0.1) is 0 Å². The van der Waals surface area contributed by atoms with E-state index < -0.39 is 0 Å². The molecule has 0 aliphatic rings. The largest absolute Gasteiger partial charge is 0.308 e. The maximum absolute atomic E-state index is 7.17. The predicted molar refractivity (Wildman–Crippen MR) is 55.8 cm³/mol. The molecule has 12 heavy (non-hydrogen) atoms. The average molecular weight is 165 g/mol. The second-order valence-electron chi connectivity index (χ2n) is 3.73. The summed E-state index contributed by atoms with van der Waals surface area (Å²) in [6, 6.07) is 0. The van der Waals surface area contributed by atoms with Crippen LogP contribution in [0.15, 0.2) is 23.3 Å². The molecule has 0 fully saturated rings. The third-order valence-electron chi connectivity index (χ3n) is 1.46. The standard InChI is InChI=1S/C11H19N/c1-9(2)5-6-11(8-12)7-10(3)4/h5-6,8,10,12H,7H2,1-4H3/b11-6-,12-8?. The van der Waals surface area contributed by atoms with Gasteiger partial charge in [0.2, 0.25) is 0 Å². The normalized spacial score (nSPS) is 11.6. The van der Waals surface area contributed by atoms with E-state index in [-0.39, 0.29) is 0 Å². The van der Waals surface area contributed by atoms with Crippen molar-refractivity contribution < 1.29 is 0 Å². The molecule has 0 aromatic carbocycles. The lowest BCUT2D eigenvalue weighted by molar-refractivity contribution is 0.655. The number of hydrogen-bond acceptors (Lipinski definition) is 1. The van der Waals surface area contributed by atoms with Crippen molar-refractivity contribution in [1.29, 1.82) is 5.41 Å². The van der Waals surface area contributed by atoms with Gasteiger partial charge >= 0.3 is 0 Å². The zero-order valence-electron chi connectivity index (χ0n) is 8.52. The third-order valence-corrected chi connectivity index (χ3v) is 1.46. The van der Waals surface area contributed by atoms with E-state index in [9.17, 15) is 0 Å². The number of rotatable bonds is 4. The average Bonchev–Trinajstić information content (AvgIpc) is 1.97. The monoisotopic (exact) mass is 165 g/mol. The first-order valence-electron chi connectivity index (χ1n) is 4.40. The first kappa shape index (κ1) is 11.2. The van der Waals surface area contributed by atoms with Gasteiger partial charge in [-0.3, -0.25) is 0 Å². The van der Waals surface area contributed by atoms with Gasteiger partial charge in [0.15, 0.2) is 0 Å². The van der Waals surface area contributed by atoms with Crippen LogP contribution in [0.2, 0.25) is 0 Å². The van der Waals surface area contributed by atoms with Gasteiger partial charge in [0, 0.05) is 6.21 Å². The summed E-state index contributed by atoms with van der Waals surface area (Å²) in [4.78, 5) is 0. The molecule has 1 nitrogen and oxygen atoms in total. The van der Waals surface area contributed by atoms with Crippen LogP contribution >= 0.6 is 0 Å². The maximum Gasteiger partial charge on any atom is 0.0209 e. The van der Waals surface area contributed by atoms with E-state index in [4.69, 9.17) is 5.41 Å². The Morgan fingerprint density at radius 1 is 1.25 bits per heavy atom. The van der Waals surface area contributed by atoms with Crippen LogP contribution in [-0.4, -0.2) is 6.21 Å². The molecule has 68 valence electrons. The zero-order valence-corrected chi connectivity index (χ0v) is 8.52. The summed E-state index contributed by atoms with van der Waals surface area (Å²) in [5.41, 5.74) is 2.38. The molecule has 0 rings (SSSR count). The van der Waals surface area contributed by atoms with Gasteiger partial charge in [-0.2, -0.15) is 0 Å². The number of allylic oxidation sites excluding steroid dienone is 4. The summed E-state index contributed by atoms with van der Waals surface area (Å²) in [6.07, 6.45) is 6.53. The van der Waals surface area contributed by atoms with Gasteiger partial charge < -0.3 is 5.41 Å². The van der Waals surface area contributed by atoms with Gasteiger partial charge in [-0.15, -0.1) is 0 Å². The minimum absolute atomic E-state index is 0.628. The van der Waals surface area contributed by atoms with Crippen LogP contribution in [0, 0.1) is 11.3 Å². The molecule has 0 saturated heterocycles. The highest BCUT2D eigenvalue weighted by molar-refractivity contribution is 5.76. The lowest BCUT2D eigenvalue weighted by Gasteiger charge is -2.03. The van der Waals surface area contributed by atoms with Gasteiger partial charge in [0.25, 0.3) is 0 Å². The van der Waals surface area contributed by atoms with Crippen LogP contribution in [-0.2, 0) is 0 Å². The van der Waals surface area contributed by atoms with Crippen LogP contribution in [0.25, 0.3) is 0 Å². The molecular weight excluding hydrogens is 146 g/mol. The van der Waals surface area contributed by atoms with E-state index in [2.05, 4.69) is 33.8 Å². The molecule has 0 amide bonds. The Bertz CT molecular complexity index is 193. The van der Waals surface area contributed by atoms with Crippen molar-refractivity contribution in [3.8, 4) is 0 Å². The van der Waals surface area contributed by atoms with Crippen LogP contribution in [0.1, 0.15) is 34.1 Å². The first-order valence-corrected chi connectivity index (χ1v) is 4.40. The Hall–Kier alpha value is -0.850. The van der Waals surface area contributed by atoms with Crippen LogP contribution in [0.3, 0.4) is 0 Å². The Morgan fingerprint density at radius 2 is 1.83 bits per heavy atom. The molecule has 0 radical (unpaired) electrons. The topological polar surface area (TPSA) is 23.9 Å². The second kappa shape index (κ2) is 5.76. The summed E-state index contributed by atoms with van der Waals surface area (Å²) in [6.45, 7) is 8.46. The fraction of sp³-hybridized carbons (Fsp3) is 0.545. The summed E-state index contributed by atoms with van der Waals surface area (Å²) in [7, 11) is 0. The lowest BCUT2D eigenvalue weighted by atomic mass is 10.0. The minimum atomic E-state index is 0.628. The van der Waals surface area contributed by atoms with Crippen LogP contribution < -0.4 is 0 Å². The molecule has 0 aromatic heterocycles. The highest BCUT2D eigenvalue weighted by atomic mass is 14.3. The fourth-order valence-electron chi connectivity index (χ4n) is 0.920. The molecule has 0 spiro atoms. The van der Waals surface area contributed by atoms with Gasteiger partial charge in [-0.1, -0.05) is 31.6 Å². The second-order valence-corrected chi connectivity index (χ2v) is 3.73. The van der Waals surface area contributed by atoms with E-state index in [1.807, 2.05) is 6.08 Å². The fourth-order valence-corrected chi connectivity index (χ4v) is 0.920. The third kappa shape index (κ3) is 5.90. The quantitative estimate of drug-likeness (QED) is 0.486. The molecule has 0 heterocycles. The Kier molecular flexibility index (Phi) is 5.35. The predicted octanol–water partition coefficient (Wildman–Crippen LogP) is 3.57. The summed E-state index contributed by atoms with van der Waals surface area (Å²) in [5.74, 6) is 0.628. The number of nitrogens with one attached hydrogen (secondary N) is 1. The Balaban J connectivity index is 4.24. The highest BCUT2D eigenvalue weighted by Gasteiger charge is 1.96. The van der Waals surface area contributed by atoms with E-state index in [1.54, 1.807) is 0 Å². The molecular formula is C11H19N. The van der Waals surface area contributed by atoms with E-state index in [0.717, 1.165) is 12.0 Å². The molecule has 0 aliphatic carbocycles. The van der Waals surface area contributed by atoms with Crippen molar-refractivity contribution in [1.82, 2.24) is 0 Å². The van der Waals surface area contributed by atoms with E-state index in [1.165, 1.54) is 11.8 Å². The maximum atomic E-state index is 7.17. The van der Waals surface area contributed by atoms with Crippen LogP contribution in [0.5, 0.6) is 0 Å². The van der Waals surface area contributed by atoms with Crippen LogP contribution in [0.4, 0.5) is 0 Å². The van der Waals surface area contributed by atoms with Crippen molar-refractivity contribution in [3.63, 3.8) is 0 Å². The molecule has 0 unspecified atom stereocenters. The van der Waals surface area contributed by atoms with Crippen molar-refractivity contribution in [2.75, 3.05) is 0 Å². The summed E-state index contributed by atoms with van der Waals surface area (Å²) < 4.78 is 0. The smallest absolute Gasteiger partial charge is 0.0209 e. The van der Waals surface area contributed by atoms with Crippen molar-refractivity contribution in [3.05, 3.63) is 23.3 Å². The number of hydrogen-bond donors (Lipinski definition) is 1. The van der Waals surface area contributed by atoms with Crippen molar-refractivity contribution in [2.24, 2.45) is 5.92 Å². The molecule has 1 N–H and O–H groups in total. The lowest BCUT2D eigenvalue weighted by Crippen LogP contribution is -1.91. The summed E-state index contributed by atoms with van der Waals surface area (Å²) >= 11 is 0. The van der Waals surface area contributed by atoms with E-state index in [0.29, 0.717) is 5.92 Å². The van der Waals surface area contributed by atoms with Crippen molar-refractivity contribution in [2.45, 2.75) is 34.1 Å². The van der Waals surface area contributed by atoms with Gasteiger partial charge in [-0.25, -0.2) is 0 Å². The van der Waals surface area contributed by atoms with E-state index >= 15 is 0 Å². The zero-order chi connectivity index (χ0) is 9.56. The molecule has 0 aromatic rings. The minimum Gasteiger partial charge on any atom is -0.308 e. The van der Waals surface area contributed by atoms with Gasteiger partial charge in [-0.05, 0) is 31.8 Å². The SMILES string of the molecule is CC(C)=C/C=C(\C=N)CC(C)C. The summed E-state index contributed by atoms with van der Waals surface area (Å²) in [5, 5.41) is 7.17. The molecule has 1 heteroatoms. The first-order chi connectivity index (χ1) is 5.56.